The molecule has 0 bridgehead atoms. The van der Waals surface area contributed by atoms with Crippen molar-refractivity contribution in [1.29, 1.82) is 0 Å². The van der Waals surface area contributed by atoms with Gasteiger partial charge in [-0.3, -0.25) is 0 Å². The molecule has 1 aromatic carbocycles. The van der Waals surface area contributed by atoms with Crippen LogP contribution in [0.25, 0.3) is 0 Å². The average molecular weight is 331 g/mol. The number of carboxylic acid groups (broad SMARTS) is 1. The van der Waals surface area contributed by atoms with Crippen molar-refractivity contribution in [2.75, 3.05) is 19.0 Å². The highest BCUT2D eigenvalue weighted by Gasteiger charge is 2.30. The molecule has 1 unspecified atom stereocenters. The molecule has 0 saturated carbocycles. The molecule has 1 atom stereocenters. The van der Waals surface area contributed by atoms with E-state index in [9.17, 15) is 19.5 Å². The second kappa shape index (κ2) is 7.10. The third kappa shape index (κ3) is 4.61. The SMILES string of the molecule is COC(=O)c1ccc(Cl)cc1NC(=O)NCC(C)(O)C(=O)O. The Morgan fingerprint density at radius 2 is 2.00 bits per heavy atom. The maximum Gasteiger partial charge on any atom is 0.339 e. The van der Waals surface area contributed by atoms with E-state index in [0.717, 1.165) is 6.92 Å². The smallest absolute Gasteiger partial charge is 0.339 e. The fourth-order valence-electron chi connectivity index (χ4n) is 1.40. The van der Waals surface area contributed by atoms with Gasteiger partial charge in [0.15, 0.2) is 5.60 Å². The van der Waals surface area contributed by atoms with Crippen molar-refractivity contribution in [3.8, 4) is 0 Å². The fourth-order valence-corrected chi connectivity index (χ4v) is 1.57. The topological polar surface area (TPSA) is 125 Å². The third-order valence-corrected chi connectivity index (χ3v) is 2.92. The van der Waals surface area contributed by atoms with E-state index in [0.29, 0.717) is 0 Å². The number of amides is 2. The molecule has 2 amide bonds. The van der Waals surface area contributed by atoms with Crippen molar-refractivity contribution in [1.82, 2.24) is 5.32 Å². The summed E-state index contributed by atoms with van der Waals surface area (Å²) in [6.45, 7) is 0.511. The molecule has 22 heavy (non-hydrogen) atoms. The second-order valence-electron chi connectivity index (χ2n) is 4.57. The first-order chi connectivity index (χ1) is 10.2. The Balaban J connectivity index is 2.82. The molecule has 0 radical (unpaired) electrons. The highest BCUT2D eigenvalue weighted by atomic mass is 35.5. The lowest BCUT2D eigenvalue weighted by Crippen LogP contribution is -2.47. The number of aliphatic carboxylic acids is 1. The van der Waals surface area contributed by atoms with Crippen LogP contribution in [-0.2, 0) is 9.53 Å². The summed E-state index contributed by atoms with van der Waals surface area (Å²) in [4.78, 5) is 34.0. The normalized spacial score (nSPS) is 12.9. The number of methoxy groups -OCH3 is 1. The van der Waals surface area contributed by atoms with Gasteiger partial charge in [-0.05, 0) is 25.1 Å². The number of anilines is 1. The average Bonchev–Trinajstić information content (AvgIpc) is 2.44. The molecule has 1 rings (SSSR count). The zero-order chi connectivity index (χ0) is 16.9. The van der Waals surface area contributed by atoms with Crippen molar-refractivity contribution in [2.45, 2.75) is 12.5 Å². The summed E-state index contributed by atoms with van der Waals surface area (Å²) in [5.41, 5.74) is -1.95. The molecule has 0 aromatic heterocycles. The van der Waals surface area contributed by atoms with Crippen LogP contribution in [0.3, 0.4) is 0 Å². The predicted octanol–water partition coefficient (Wildman–Crippen LogP) is 1.08. The van der Waals surface area contributed by atoms with E-state index in [2.05, 4.69) is 15.4 Å². The summed E-state index contributed by atoms with van der Waals surface area (Å²) in [5.74, 6) is -2.16. The Kier molecular flexibility index (Phi) is 5.72. The van der Waals surface area contributed by atoms with Gasteiger partial charge in [-0.1, -0.05) is 11.6 Å². The van der Waals surface area contributed by atoms with Crippen LogP contribution in [0.4, 0.5) is 10.5 Å². The monoisotopic (exact) mass is 330 g/mol. The van der Waals surface area contributed by atoms with Gasteiger partial charge in [-0.15, -0.1) is 0 Å². The van der Waals surface area contributed by atoms with Gasteiger partial charge in [0.2, 0.25) is 0 Å². The standard InChI is InChI=1S/C13H15ClN2O6/c1-13(21,11(18)19)6-15-12(20)16-9-5-7(14)3-4-8(9)10(17)22-2/h3-5,21H,6H2,1-2H3,(H,18,19)(H2,15,16,20). The Labute approximate surface area is 131 Å². The summed E-state index contributed by atoms with van der Waals surface area (Å²) in [6, 6.07) is 3.35. The molecule has 0 aliphatic carbocycles. The van der Waals surface area contributed by atoms with Gasteiger partial charge < -0.3 is 25.6 Å². The number of hydrogen-bond acceptors (Lipinski definition) is 5. The van der Waals surface area contributed by atoms with Gasteiger partial charge in [0.05, 0.1) is 24.9 Å². The van der Waals surface area contributed by atoms with Gasteiger partial charge in [-0.2, -0.15) is 0 Å². The van der Waals surface area contributed by atoms with Gasteiger partial charge in [0.1, 0.15) is 0 Å². The van der Waals surface area contributed by atoms with E-state index in [1.54, 1.807) is 0 Å². The summed E-state index contributed by atoms with van der Waals surface area (Å²) in [6.07, 6.45) is 0. The molecule has 0 aliphatic rings. The van der Waals surface area contributed by atoms with Crippen LogP contribution in [0.1, 0.15) is 17.3 Å². The van der Waals surface area contributed by atoms with E-state index in [-0.39, 0.29) is 16.3 Å². The van der Waals surface area contributed by atoms with Crippen LogP contribution in [0.2, 0.25) is 5.02 Å². The zero-order valence-corrected chi connectivity index (χ0v) is 12.6. The molecule has 0 spiro atoms. The maximum atomic E-state index is 11.7. The number of esters is 1. The van der Waals surface area contributed by atoms with E-state index in [1.165, 1.54) is 25.3 Å². The van der Waals surface area contributed by atoms with Crippen LogP contribution in [0.5, 0.6) is 0 Å². The molecular formula is C13H15ClN2O6. The highest BCUT2D eigenvalue weighted by molar-refractivity contribution is 6.31. The number of rotatable bonds is 5. The van der Waals surface area contributed by atoms with E-state index >= 15 is 0 Å². The van der Waals surface area contributed by atoms with Crippen molar-refractivity contribution in [3.63, 3.8) is 0 Å². The first-order valence-electron chi connectivity index (χ1n) is 6.06. The van der Waals surface area contributed by atoms with Gasteiger partial charge >= 0.3 is 18.0 Å². The van der Waals surface area contributed by atoms with Crippen LogP contribution in [-0.4, -0.2) is 47.4 Å². The molecule has 0 saturated heterocycles. The third-order valence-electron chi connectivity index (χ3n) is 2.69. The predicted molar refractivity (Wildman–Crippen MR) is 78.1 cm³/mol. The van der Waals surface area contributed by atoms with Crippen molar-refractivity contribution in [3.05, 3.63) is 28.8 Å². The van der Waals surface area contributed by atoms with Crippen molar-refractivity contribution < 1.29 is 29.3 Å². The number of benzene rings is 1. The number of halogens is 1. The van der Waals surface area contributed by atoms with Crippen molar-refractivity contribution in [2.24, 2.45) is 0 Å². The number of carbonyl (C=O) groups is 3. The zero-order valence-electron chi connectivity index (χ0n) is 11.8. The van der Waals surface area contributed by atoms with E-state index in [4.69, 9.17) is 16.7 Å². The van der Waals surface area contributed by atoms with Crippen LogP contribution in [0, 0.1) is 0 Å². The fraction of sp³-hybridized carbons (Fsp3) is 0.308. The number of hydrogen-bond donors (Lipinski definition) is 4. The first-order valence-corrected chi connectivity index (χ1v) is 6.43. The number of nitrogens with one attached hydrogen (secondary N) is 2. The quantitative estimate of drug-likeness (QED) is 0.599. The maximum absolute atomic E-state index is 11.7. The lowest BCUT2D eigenvalue weighted by molar-refractivity contribution is -0.155. The minimum absolute atomic E-state index is 0.0760. The van der Waals surface area contributed by atoms with E-state index in [1.807, 2.05) is 0 Å². The largest absolute Gasteiger partial charge is 0.479 e. The number of carboxylic acids is 1. The van der Waals surface area contributed by atoms with Crippen LogP contribution < -0.4 is 10.6 Å². The second-order valence-corrected chi connectivity index (χ2v) is 5.00. The molecule has 4 N–H and O–H groups in total. The number of aliphatic hydroxyl groups is 1. The minimum Gasteiger partial charge on any atom is -0.479 e. The van der Waals surface area contributed by atoms with Gasteiger partial charge in [0, 0.05) is 5.02 Å². The number of carbonyl (C=O) groups excluding carboxylic acids is 2. The lowest BCUT2D eigenvalue weighted by Gasteiger charge is -2.19. The molecule has 0 fully saturated rings. The number of ether oxygens (including phenoxy) is 1. The van der Waals surface area contributed by atoms with Crippen molar-refractivity contribution >= 4 is 35.3 Å². The first kappa shape index (κ1) is 17.7. The van der Waals surface area contributed by atoms with Crippen LogP contribution >= 0.6 is 11.6 Å². The summed E-state index contributed by atoms with van der Waals surface area (Å²) in [5, 5.41) is 23.0. The Morgan fingerprint density at radius 1 is 1.36 bits per heavy atom. The molecule has 0 aliphatic heterocycles. The minimum atomic E-state index is -2.11. The molecular weight excluding hydrogens is 316 g/mol. The lowest BCUT2D eigenvalue weighted by atomic mass is 10.1. The van der Waals surface area contributed by atoms with Gasteiger partial charge in [0.25, 0.3) is 0 Å². The summed E-state index contributed by atoms with van der Waals surface area (Å²) in [7, 11) is 1.19. The van der Waals surface area contributed by atoms with E-state index < -0.39 is 30.1 Å². The van der Waals surface area contributed by atoms with Crippen LogP contribution in [0.15, 0.2) is 18.2 Å². The van der Waals surface area contributed by atoms with Gasteiger partial charge in [-0.25, -0.2) is 14.4 Å². The molecule has 9 heteroatoms. The molecule has 0 heterocycles. The molecule has 120 valence electrons. The molecule has 1 aromatic rings. The molecule has 8 nitrogen and oxygen atoms in total. The summed E-state index contributed by atoms with van der Waals surface area (Å²) >= 11 is 5.80. The Hall–Kier alpha value is -2.32. The summed E-state index contributed by atoms with van der Waals surface area (Å²) < 4.78 is 4.57. The Bertz CT molecular complexity index is 602. The highest BCUT2D eigenvalue weighted by Crippen LogP contribution is 2.21. The Morgan fingerprint density at radius 3 is 2.55 bits per heavy atom. The number of urea groups is 1.